The van der Waals surface area contributed by atoms with Crippen molar-refractivity contribution in [2.24, 2.45) is 0 Å². The Morgan fingerprint density at radius 3 is 1.73 bits per heavy atom. The molecule has 1 aromatic carbocycles. The van der Waals surface area contributed by atoms with E-state index in [0.717, 1.165) is 0 Å². The Morgan fingerprint density at radius 2 is 1.45 bits per heavy atom. The SMILES string of the molecule is CC(C)(C)c1ccccc1.[H-].[H-].[Mg+2]. The molecule has 1 heteroatoms. The summed E-state index contributed by atoms with van der Waals surface area (Å²) in [4.78, 5) is 0. The Hall–Kier alpha value is -0.0138. The van der Waals surface area contributed by atoms with Crippen LogP contribution in [-0.2, 0) is 5.41 Å². The maximum atomic E-state index is 2.22. The Balaban J connectivity index is -0.000000333. The molecule has 0 aromatic heterocycles. The Bertz CT molecular complexity index is 204. The summed E-state index contributed by atoms with van der Waals surface area (Å²) in [5.41, 5.74) is 1.69. The zero-order valence-corrected chi connectivity index (χ0v) is 9.01. The Kier molecular flexibility index (Phi) is 4.12. The minimum absolute atomic E-state index is 0. The second-order valence-electron chi connectivity index (χ2n) is 3.62. The van der Waals surface area contributed by atoms with Crippen LogP contribution in [0.1, 0.15) is 29.2 Å². The summed E-state index contributed by atoms with van der Waals surface area (Å²) in [6.07, 6.45) is 0. The third kappa shape index (κ3) is 3.26. The van der Waals surface area contributed by atoms with E-state index in [9.17, 15) is 0 Å². The summed E-state index contributed by atoms with van der Waals surface area (Å²) in [6.45, 7) is 6.67. The van der Waals surface area contributed by atoms with Crippen molar-refractivity contribution in [2.45, 2.75) is 26.2 Å². The predicted octanol–water partition coefficient (Wildman–Crippen LogP) is 2.83. The molecule has 0 fully saturated rings. The molecule has 0 aliphatic rings. The Labute approximate surface area is 88.1 Å². The molecule has 0 radical (unpaired) electrons. The van der Waals surface area contributed by atoms with Gasteiger partial charge in [0.1, 0.15) is 0 Å². The minimum Gasteiger partial charge on any atom is -1.00 e. The van der Waals surface area contributed by atoms with E-state index in [1.165, 1.54) is 5.56 Å². The van der Waals surface area contributed by atoms with Crippen LogP contribution in [0.5, 0.6) is 0 Å². The molecule has 0 amide bonds. The molecule has 0 aliphatic heterocycles. The molecule has 58 valence electrons. The van der Waals surface area contributed by atoms with Crippen molar-refractivity contribution in [1.82, 2.24) is 0 Å². The average molecular weight is 161 g/mol. The first-order chi connectivity index (χ1) is 4.61. The van der Waals surface area contributed by atoms with Crippen molar-refractivity contribution in [1.29, 1.82) is 0 Å². The first-order valence-electron chi connectivity index (χ1n) is 3.66. The van der Waals surface area contributed by atoms with Gasteiger partial charge in [-0.2, -0.15) is 0 Å². The van der Waals surface area contributed by atoms with E-state index in [-0.39, 0.29) is 25.9 Å². The van der Waals surface area contributed by atoms with Crippen molar-refractivity contribution in [2.75, 3.05) is 0 Å². The molecule has 11 heavy (non-hydrogen) atoms. The molecule has 0 unspecified atom stereocenters. The number of hydrogen-bond donors (Lipinski definition) is 0. The fraction of sp³-hybridized carbons (Fsp3) is 0.400. The molecule has 0 spiro atoms. The monoisotopic (exact) mass is 160 g/mol. The van der Waals surface area contributed by atoms with Gasteiger partial charge < -0.3 is 2.85 Å². The van der Waals surface area contributed by atoms with Crippen LogP contribution in [0, 0.1) is 0 Å². The van der Waals surface area contributed by atoms with Gasteiger partial charge >= 0.3 is 23.1 Å². The van der Waals surface area contributed by atoms with Gasteiger partial charge in [0.05, 0.1) is 0 Å². The zero-order valence-electron chi connectivity index (χ0n) is 9.59. The van der Waals surface area contributed by atoms with Gasteiger partial charge in [-0.3, -0.25) is 0 Å². The molecule has 0 nitrogen and oxygen atoms in total. The normalized spacial score (nSPS) is 10.5. The summed E-state index contributed by atoms with van der Waals surface area (Å²) in [6, 6.07) is 10.6. The van der Waals surface area contributed by atoms with E-state index in [2.05, 4.69) is 51.1 Å². The van der Waals surface area contributed by atoms with Crippen molar-refractivity contribution in [3.63, 3.8) is 0 Å². The second-order valence-corrected chi connectivity index (χ2v) is 3.62. The third-order valence-corrected chi connectivity index (χ3v) is 1.64. The summed E-state index contributed by atoms with van der Waals surface area (Å²) >= 11 is 0. The van der Waals surface area contributed by atoms with Gasteiger partial charge in [0.15, 0.2) is 0 Å². The number of benzene rings is 1. The zero-order chi connectivity index (χ0) is 7.61. The molecule has 0 aliphatic carbocycles. The topological polar surface area (TPSA) is 0 Å². The summed E-state index contributed by atoms with van der Waals surface area (Å²) < 4.78 is 0. The van der Waals surface area contributed by atoms with Crippen molar-refractivity contribution < 1.29 is 2.85 Å². The van der Waals surface area contributed by atoms with Crippen molar-refractivity contribution in [3.05, 3.63) is 35.9 Å². The molecule has 0 saturated carbocycles. The molecule has 0 atom stereocenters. The third-order valence-electron chi connectivity index (χ3n) is 1.64. The first-order valence-corrected chi connectivity index (χ1v) is 3.66. The van der Waals surface area contributed by atoms with Gasteiger partial charge in [-0.15, -0.1) is 0 Å². The van der Waals surface area contributed by atoms with Crippen LogP contribution in [0.2, 0.25) is 0 Å². The van der Waals surface area contributed by atoms with Gasteiger partial charge in [-0.1, -0.05) is 51.1 Å². The summed E-state index contributed by atoms with van der Waals surface area (Å²) in [5, 5.41) is 0. The van der Waals surface area contributed by atoms with Crippen LogP contribution < -0.4 is 0 Å². The maximum absolute atomic E-state index is 2.22. The predicted molar refractivity (Wildman–Crippen MR) is 53.1 cm³/mol. The molecule has 0 saturated heterocycles. The maximum Gasteiger partial charge on any atom is 2.00 e. The largest absolute Gasteiger partial charge is 2.00 e. The first kappa shape index (κ1) is 11.0. The molecule has 0 N–H and O–H groups in total. The summed E-state index contributed by atoms with van der Waals surface area (Å²) in [7, 11) is 0. The van der Waals surface area contributed by atoms with Gasteiger partial charge in [0.2, 0.25) is 0 Å². The van der Waals surface area contributed by atoms with E-state index in [0.29, 0.717) is 5.41 Å². The average Bonchev–Trinajstić information content (AvgIpc) is 1.88. The smallest absolute Gasteiger partial charge is 1.00 e. The van der Waals surface area contributed by atoms with Crippen LogP contribution in [0.3, 0.4) is 0 Å². The number of rotatable bonds is 0. The fourth-order valence-electron chi connectivity index (χ4n) is 0.938. The van der Waals surface area contributed by atoms with Crippen LogP contribution in [-0.4, -0.2) is 23.1 Å². The molecule has 0 bridgehead atoms. The van der Waals surface area contributed by atoms with Crippen molar-refractivity contribution >= 4 is 23.1 Å². The quantitative estimate of drug-likeness (QED) is 0.512. The number of hydrogen-bond acceptors (Lipinski definition) is 0. The Morgan fingerprint density at radius 1 is 1.00 bits per heavy atom. The fourth-order valence-corrected chi connectivity index (χ4v) is 0.938. The van der Waals surface area contributed by atoms with E-state index >= 15 is 0 Å². The minimum atomic E-state index is 0. The van der Waals surface area contributed by atoms with Gasteiger partial charge in [-0.05, 0) is 11.0 Å². The standard InChI is InChI=1S/C10H14.Mg.2H/c1-10(2,3)9-7-5-4-6-8-9;;;/h4-8H,1-3H3;;;/q;+2;2*-1. The van der Waals surface area contributed by atoms with Gasteiger partial charge in [0, 0.05) is 0 Å². The van der Waals surface area contributed by atoms with Crippen LogP contribution in [0.25, 0.3) is 0 Å². The molecule has 1 rings (SSSR count). The van der Waals surface area contributed by atoms with Gasteiger partial charge in [-0.25, -0.2) is 0 Å². The van der Waals surface area contributed by atoms with E-state index in [1.807, 2.05) is 0 Å². The second kappa shape index (κ2) is 4.12. The van der Waals surface area contributed by atoms with Crippen LogP contribution in [0.15, 0.2) is 30.3 Å². The molecule has 1 aromatic rings. The molecule has 0 heterocycles. The van der Waals surface area contributed by atoms with E-state index in [1.54, 1.807) is 0 Å². The van der Waals surface area contributed by atoms with E-state index in [4.69, 9.17) is 0 Å². The summed E-state index contributed by atoms with van der Waals surface area (Å²) in [5.74, 6) is 0. The van der Waals surface area contributed by atoms with E-state index < -0.39 is 0 Å². The van der Waals surface area contributed by atoms with Gasteiger partial charge in [0.25, 0.3) is 0 Å². The molecular formula is C10H16Mg. The molecular weight excluding hydrogens is 144 g/mol. The van der Waals surface area contributed by atoms with Crippen LogP contribution in [0.4, 0.5) is 0 Å². The van der Waals surface area contributed by atoms with Crippen molar-refractivity contribution in [3.8, 4) is 0 Å². The van der Waals surface area contributed by atoms with Crippen LogP contribution >= 0.6 is 0 Å².